The quantitative estimate of drug-likeness (QED) is 0.748. The predicted molar refractivity (Wildman–Crippen MR) is 102 cm³/mol. The van der Waals surface area contributed by atoms with E-state index in [1.165, 1.54) is 32.4 Å². The van der Waals surface area contributed by atoms with Gasteiger partial charge in [0.05, 0.1) is 12.1 Å². The van der Waals surface area contributed by atoms with Crippen molar-refractivity contribution in [2.24, 2.45) is 7.05 Å². The number of hydrogen-bond acceptors (Lipinski definition) is 4. The Kier molecular flexibility index (Phi) is 6.48. The number of aryl methyl sites for hydroxylation is 1. The summed E-state index contributed by atoms with van der Waals surface area (Å²) in [7, 11) is 1.79. The van der Waals surface area contributed by atoms with Gasteiger partial charge >= 0.3 is 0 Å². The van der Waals surface area contributed by atoms with Crippen LogP contribution in [0, 0.1) is 0 Å². The molecule has 1 aliphatic rings. The Labute approximate surface area is 149 Å². The Morgan fingerprint density at radius 2 is 1.92 bits per heavy atom. The lowest BCUT2D eigenvalue weighted by atomic mass is 10.1. The number of nitrogens with one attached hydrogen (secondary N) is 1. The molecule has 1 aromatic heterocycles. The number of rotatable bonds is 8. The van der Waals surface area contributed by atoms with E-state index in [0.717, 1.165) is 42.7 Å². The molecule has 5 heteroatoms. The molecule has 5 nitrogen and oxygen atoms in total. The number of pyridine rings is 1. The monoisotopic (exact) mass is 343 g/mol. The van der Waals surface area contributed by atoms with Gasteiger partial charge in [0.2, 0.25) is 0 Å². The molecule has 2 aromatic rings. The van der Waals surface area contributed by atoms with E-state index >= 15 is 0 Å². The van der Waals surface area contributed by atoms with Gasteiger partial charge in [-0.1, -0.05) is 6.42 Å². The van der Waals surface area contributed by atoms with E-state index < -0.39 is 0 Å². The van der Waals surface area contributed by atoms with Gasteiger partial charge in [0.1, 0.15) is 5.75 Å². The van der Waals surface area contributed by atoms with Gasteiger partial charge in [-0.05, 0) is 63.2 Å². The summed E-state index contributed by atoms with van der Waals surface area (Å²) < 4.78 is 7.50. The molecule has 0 unspecified atom stereocenters. The van der Waals surface area contributed by atoms with Crippen LogP contribution in [0.3, 0.4) is 0 Å². The minimum atomic E-state index is 0.0109. The average Bonchev–Trinajstić information content (AvgIpc) is 2.65. The van der Waals surface area contributed by atoms with E-state index in [9.17, 15) is 4.79 Å². The Morgan fingerprint density at radius 3 is 2.76 bits per heavy atom. The van der Waals surface area contributed by atoms with Crippen molar-refractivity contribution in [2.75, 3.05) is 39.3 Å². The molecule has 1 fully saturated rings. The van der Waals surface area contributed by atoms with Crippen molar-refractivity contribution in [3.05, 3.63) is 40.7 Å². The Morgan fingerprint density at radius 1 is 1.08 bits per heavy atom. The van der Waals surface area contributed by atoms with Gasteiger partial charge in [0.15, 0.2) is 0 Å². The predicted octanol–water partition coefficient (Wildman–Crippen LogP) is 2.38. The number of ether oxygens (including phenoxy) is 1. The Hall–Kier alpha value is -1.85. The highest BCUT2D eigenvalue weighted by Gasteiger charge is 2.08. The van der Waals surface area contributed by atoms with Crippen LogP contribution in [0.25, 0.3) is 10.9 Å². The van der Waals surface area contributed by atoms with Crippen molar-refractivity contribution in [1.29, 1.82) is 0 Å². The van der Waals surface area contributed by atoms with Crippen LogP contribution in [0.5, 0.6) is 5.75 Å². The van der Waals surface area contributed by atoms with Gasteiger partial charge in [0.25, 0.3) is 5.56 Å². The van der Waals surface area contributed by atoms with Crippen molar-refractivity contribution in [2.45, 2.75) is 25.7 Å². The summed E-state index contributed by atoms with van der Waals surface area (Å²) in [5.41, 5.74) is 0.941. The van der Waals surface area contributed by atoms with Gasteiger partial charge in [-0.3, -0.25) is 4.79 Å². The van der Waals surface area contributed by atoms with Crippen LogP contribution in [0.4, 0.5) is 0 Å². The summed E-state index contributed by atoms with van der Waals surface area (Å²) in [6.45, 7) is 6.43. The molecule has 1 aliphatic heterocycles. The summed E-state index contributed by atoms with van der Waals surface area (Å²) in [6.07, 6.45) is 5.10. The summed E-state index contributed by atoms with van der Waals surface area (Å²) >= 11 is 0. The number of hydrogen-bond donors (Lipinski definition) is 1. The molecular formula is C20H29N3O2. The zero-order valence-corrected chi connectivity index (χ0v) is 15.2. The number of likely N-dealkylation sites (tertiary alicyclic amines) is 1. The molecule has 0 spiro atoms. The van der Waals surface area contributed by atoms with E-state index in [0.29, 0.717) is 6.61 Å². The van der Waals surface area contributed by atoms with E-state index in [-0.39, 0.29) is 5.56 Å². The van der Waals surface area contributed by atoms with Crippen molar-refractivity contribution in [1.82, 2.24) is 14.8 Å². The van der Waals surface area contributed by atoms with Crippen molar-refractivity contribution < 1.29 is 4.74 Å². The fraction of sp³-hybridized carbons (Fsp3) is 0.550. The topological polar surface area (TPSA) is 46.5 Å². The second kappa shape index (κ2) is 9.02. The highest BCUT2D eigenvalue weighted by Crippen LogP contribution is 2.19. The molecule has 0 saturated carbocycles. The Balaban J connectivity index is 1.35. The van der Waals surface area contributed by atoms with Gasteiger partial charge in [0, 0.05) is 31.6 Å². The number of piperidine rings is 1. The first-order valence-corrected chi connectivity index (χ1v) is 9.40. The van der Waals surface area contributed by atoms with Crippen LogP contribution in [-0.2, 0) is 7.05 Å². The summed E-state index contributed by atoms with van der Waals surface area (Å²) in [5.74, 6) is 0.861. The lowest BCUT2D eigenvalue weighted by Crippen LogP contribution is -2.36. The smallest absolute Gasteiger partial charge is 0.250 e. The molecule has 1 aromatic carbocycles. The first-order valence-electron chi connectivity index (χ1n) is 9.40. The van der Waals surface area contributed by atoms with Crippen LogP contribution < -0.4 is 15.6 Å². The zero-order chi connectivity index (χ0) is 17.5. The standard InChI is InChI=1S/C20H29N3O2/c1-22-19-8-7-18(16-17(19)6-9-20(22)24)25-15-5-10-21-11-14-23-12-3-2-4-13-23/h6-9,16,21H,2-5,10-15H2,1H3. The first-order chi connectivity index (χ1) is 12.2. The number of nitrogens with zero attached hydrogens (tertiary/aromatic N) is 2. The molecule has 0 radical (unpaired) electrons. The highest BCUT2D eigenvalue weighted by atomic mass is 16.5. The second-order valence-electron chi connectivity index (χ2n) is 6.81. The van der Waals surface area contributed by atoms with Crippen LogP contribution in [-0.4, -0.2) is 48.8 Å². The van der Waals surface area contributed by atoms with Crippen LogP contribution in [0.15, 0.2) is 35.1 Å². The second-order valence-corrected chi connectivity index (χ2v) is 6.81. The average molecular weight is 343 g/mol. The number of fused-ring (bicyclic) bond motifs is 1. The summed E-state index contributed by atoms with van der Waals surface area (Å²) in [6, 6.07) is 9.33. The molecule has 2 heterocycles. The van der Waals surface area contributed by atoms with Crippen molar-refractivity contribution in [3.63, 3.8) is 0 Å². The van der Waals surface area contributed by atoms with Crippen LogP contribution in [0.2, 0.25) is 0 Å². The minimum absolute atomic E-state index is 0.0109. The van der Waals surface area contributed by atoms with E-state index in [1.807, 2.05) is 24.3 Å². The van der Waals surface area contributed by atoms with Gasteiger partial charge in [-0.25, -0.2) is 0 Å². The number of aromatic nitrogens is 1. The maximum atomic E-state index is 11.6. The summed E-state index contributed by atoms with van der Waals surface area (Å²) in [4.78, 5) is 14.2. The molecule has 1 saturated heterocycles. The van der Waals surface area contributed by atoms with Crippen molar-refractivity contribution in [3.8, 4) is 5.75 Å². The third-order valence-corrected chi connectivity index (χ3v) is 4.92. The molecule has 136 valence electrons. The van der Waals surface area contributed by atoms with Crippen molar-refractivity contribution >= 4 is 10.9 Å². The zero-order valence-electron chi connectivity index (χ0n) is 15.2. The lowest BCUT2D eigenvalue weighted by Gasteiger charge is -2.26. The fourth-order valence-electron chi connectivity index (χ4n) is 3.39. The molecule has 0 aliphatic carbocycles. The minimum Gasteiger partial charge on any atom is -0.494 e. The molecule has 0 bridgehead atoms. The van der Waals surface area contributed by atoms with E-state index in [1.54, 1.807) is 17.7 Å². The van der Waals surface area contributed by atoms with E-state index in [4.69, 9.17) is 4.74 Å². The third-order valence-electron chi connectivity index (χ3n) is 4.92. The molecule has 1 N–H and O–H groups in total. The van der Waals surface area contributed by atoms with Crippen LogP contribution in [0.1, 0.15) is 25.7 Å². The normalized spacial score (nSPS) is 15.6. The molecule has 25 heavy (non-hydrogen) atoms. The number of benzene rings is 1. The first kappa shape index (κ1) is 18.0. The maximum Gasteiger partial charge on any atom is 0.250 e. The van der Waals surface area contributed by atoms with E-state index in [2.05, 4.69) is 10.2 Å². The maximum absolute atomic E-state index is 11.6. The Bertz CT molecular complexity index is 735. The van der Waals surface area contributed by atoms with Gasteiger partial charge in [-0.2, -0.15) is 0 Å². The largest absolute Gasteiger partial charge is 0.494 e. The third kappa shape index (κ3) is 5.06. The lowest BCUT2D eigenvalue weighted by molar-refractivity contribution is 0.228. The van der Waals surface area contributed by atoms with Gasteiger partial charge in [-0.15, -0.1) is 0 Å². The molecule has 0 atom stereocenters. The highest BCUT2D eigenvalue weighted by molar-refractivity contribution is 5.80. The SMILES string of the molecule is Cn1c(=O)ccc2cc(OCCCNCCN3CCCCC3)ccc21. The fourth-order valence-corrected chi connectivity index (χ4v) is 3.39. The molecule has 0 amide bonds. The van der Waals surface area contributed by atoms with Crippen LogP contribution >= 0.6 is 0 Å². The summed E-state index contributed by atoms with van der Waals surface area (Å²) in [5, 5.41) is 4.53. The molecular weight excluding hydrogens is 314 g/mol. The molecule has 3 rings (SSSR count). The van der Waals surface area contributed by atoms with Gasteiger partial charge < -0.3 is 19.5 Å².